The van der Waals surface area contributed by atoms with Crippen LogP contribution in [0, 0.1) is 13.8 Å². The lowest BCUT2D eigenvalue weighted by Gasteiger charge is -2.07. The number of nitrogens with zero attached hydrogens (tertiary/aromatic N) is 1. The molecule has 0 saturated heterocycles. The van der Waals surface area contributed by atoms with Gasteiger partial charge in [-0.25, -0.2) is 0 Å². The van der Waals surface area contributed by atoms with Gasteiger partial charge < -0.3 is 14.9 Å². The van der Waals surface area contributed by atoms with Gasteiger partial charge in [0.15, 0.2) is 0 Å². The Morgan fingerprint density at radius 2 is 1.92 bits per heavy atom. The molecule has 3 aromatic rings. The van der Waals surface area contributed by atoms with E-state index in [1.54, 1.807) is 18.2 Å². The second-order valence-electron chi connectivity index (χ2n) is 5.95. The van der Waals surface area contributed by atoms with Crippen molar-refractivity contribution in [1.29, 1.82) is 0 Å². The maximum Gasteiger partial charge on any atom is 0.251 e. The molecular weight excluding hydrogens is 316 g/mol. The maximum atomic E-state index is 12.4. The van der Waals surface area contributed by atoms with E-state index in [1.165, 1.54) is 0 Å². The standard InChI is InChI=1S/C20H20N2O3/c1-13-19(14(2)25-22-13)16-4-3-5-17(12-16)20(24)21-11-10-15-6-8-18(23)9-7-15/h3-9,12,23H,10-11H2,1-2H3,(H,21,24). The van der Waals surface area contributed by atoms with Crippen molar-refractivity contribution in [1.82, 2.24) is 10.5 Å². The molecule has 2 aromatic carbocycles. The topological polar surface area (TPSA) is 75.4 Å². The fourth-order valence-corrected chi connectivity index (χ4v) is 2.80. The second-order valence-corrected chi connectivity index (χ2v) is 5.95. The van der Waals surface area contributed by atoms with Gasteiger partial charge in [0.05, 0.1) is 5.69 Å². The summed E-state index contributed by atoms with van der Waals surface area (Å²) in [4.78, 5) is 12.4. The number of phenols is 1. The van der Waals surface area contributed by atoms with E-state index in [9.17, 15) is 9.90 Å². The number of carbonyl (C=O) groups excluding carboxylic acids is 1. The molecule has 25 heavy (non-hydrogen) atoms. The van der Waals surface area contributed by atoms with Crippen molar-refractivity contribution < 1.29 is 14.4 Å². The molecule has 1 heterocycles. The molecule has 128 valence electrons. The van der Waals surface area contributed by atoms with E-state index in [0.717, 1.165) is 28.1 Å². The number of benzene rings is 2. The second kappa shape index (κ2) is 7.21. The number of hydrogen-bond acceptors (Lipinski definition) is 4. The van der Waals surface area contributed by atoms with Crippen LogP contribution in [0.5, 0.6) is 5.75 Å². The zero-order valence-corrected chi connectivity index (χ0v) is 14.2. The van der Waals surface area contributed by atoms with E-state index in [0.29, 0.717) is 18.5 Å². The summed E-state index contributed by atoms with van der Waals surface area (Å²) in [5.41, 5.74) is 4.31. The van der Waals surface area contributed by atoms with Gasteiger partial charge >= 0.3 is 0 Å². The van der Waals surface area contributed by atoms with Crippen LogP contribution in [0.3, 0.4) is 0 Å². The molecule has 0 fully saturated rings. The molecule has 0 bridgehead atoms. The Hall–Kier alpha value is -3.08. The lowest BCUT2D eigenvalue weighted by Crippen LogP contribution is -2.25. The number of amides is 1. The summed E-state index contributed by atoms with van der Waals surface area (Å²) in [6.07, 6.45) is 0.704. The number of aryl methyl sites for hydroxylation is 2. The number of hydrogen-bond donors (Lipinski definition) is 2. The van der Waals surface area contributed by atoms with Crippen molar-refractivity contribution in [3.8, 4) is 16.9 Å². The highest BCUT2D eigenvalue weighted by atomic mass is 16.5. The Kier molecular flexibility index (Phi) is 4.84. The van der Waals surface area contributed by atoms with Gasteiger partial charge in [-0.3, -0.25) is 4.79 Å². The Morgan fingerprint density at radius 1 is 1.16 bits per heavy atom. The molecule has 2 N–H and O–H groups in total. The van der Waals surface area contributed by atoms with Crippen molar-refractivity contribution in [3.05, 3.63) is 71.1 Å². The third-order valence-electron chi connectivity index (χ3n) is 4.08. The van der Waals surface area contributed by atoms with Gasteiger partial charge in [-0.05, 0) is 55.7 Å². The van der Waals surface area contributed by atoms with Gasteiger partial charge in [0.2, 0.25) is 0 Å². The number of aromatic nitrogens is 1. The molecular formula is C20H20N2O3. The maximum absolute atomic E-state index is 12.4. The number of nitrogens with one attached hydrogen (secondary N) is 1. The fraction of sp³-hybridized carbons (Fsp3) is 0.200. The van der Waals surface area contributed by atoms with E-state index in [1.807, 2.05) is 44.2 Å². The molecule has 0 unspecified atom stereocenters. The Bertz CT molecular complexity index is 863. The summed E-state index contributed by atoms with van der Waals surface area (Å²) < 4.78 is 5.20. The predicted molar refractivity (Wildman–Crippen MR) is 95.6 cm³/mol. The van der Waals surface area contributed by atoms with Crippen molar-refractivity contribution in [3.63, 3.8) is 0 Å². The van der Waals surface area contributed by atoms with Crippen LogP contribution in [0.15, 0.2) is 53.1 Å². The Labute approximate surface area is 146 Å². The van der Waals surface area contributed by atoms with Crippen LogP contribution < -0.4 is 5.32 Å². The van der Waals surface area contributed by atoms with Crippen LogP contribution >= 0.6 is 0 Å². The van der Waals surface area contributed by atoms with E-state index >= 15 is 0 Å². The number of aromatic hydroxyl groups is 1. The van der Waals surface area contributed by atoms with Crippen LogP contribution in [0.1, 0.15) is 27.4 Å². The lowest BCUT2D eigenvalue weighted by atomic mass is 10.0. The molecule has 5 heteroatoms. The average molecular weight is 336 g/mol. The zero-order chi connectivity index (χ0) is 17.8. The van der Waals surface area contributed by atoms with Crippen molar-refractivity contribution in [2.45, 2.75) is 20.3 Å². The first kappa shape index (κ1) is 16.8. The normalized spacial score (nSPS) is 10.6. The molecule has 0 radical (unpaired) electrons. The molecule has 1 aromatic heterocycles. The molecule has 0 aliphatic rings. The monoisotopic (exact) mass is 336 g/mol. The van der Waals surface area contributed by atoms with Crippen molar-refractivity contribution in [2.24, 2.45) is 0 Å². The van der Waals surface area contributed by atoms with Gasteiger partial charge in [0.25, 0.3) is 5.91 Å². The Morgan fingerprint density at radius 3 is 2.60 bits per heavy atom. The molecule has 3 rings (SSSR count). The van der Waals surface area contributed by atoms with Crippen molar-refractivity contribution in [2.75, 3.05) is 6.54 Å². The smallest absolute Gasteiger partial charge is 0.251 e. The van der Waals surface area contributed by atoms with Crippen LogP contribution in [0.2, 0.25) is 0 Å². The molecule has 0 aliphatic carbocycles. The minimum atomic E-state index is -0.118. The first-order valence-electron chi connectivity index (χ1n) is 8.14. The molecule has 0 atom stereocenters. The number of rotatable bonds is 5. The highest BCUT2D eigenvalue weighted by Crippen LogP contribution is 2.27. The van der Waals surface area contributed by atoms with Crippen LogP contribution in [0.4, 0.5) is 0 Å². The number of phenolic OH excluding ortho intramolecular Hbond substituents is 1. The molecule has 5 nitrogen and oxygen atoms in total. The average Bonchev–Trinajstić information content (AvgIpc) is 2.95. The zero-order valence-electron chi connectivity index (χ0n) is 14.2. The van der Waals surface area contributed by atoms with Crippen LogP contribution in [0.25, 0.3) is 11.1 Å². The van der Waals surface area contributed by atoms with Gasteiger partial charge in [0, 0.05) is 17.7 Å². The summed E-state index contributed by atoms with van der Waals surface area (Å²) in [5, 5.41) is 16.2. The minimum Gasteiger partial charge on any atom is -0.508 e. The van der Waals surface area contributed by atoms with Gasteiger partial charge in [-0.1, -0.05) is 29.4 Å². The first-order chi connectivity index (χ1) is 12.0. The summed E-state index contributed by atoms with van der Waals surface area (Å²) in [7, 11) is 0. The third-order valence-corrected chi connectivity index (χ3v) is 4.08. The van der Waals surface area contributed by atoms with E-state index in [2.05, 4.69) is 10.5 Å². The summed E-state index contributed by atoms with van der Waals surface area (Å²) in [6, 6.07) is 14.4. The highest BCUT2D eigenvalue weighted by molar-refractivity contribution is 5.95. The quantitative estimate of drug-likeness (QED) is 0.746. The molecule has 0 saturated carbocycles. The fourth-order valence-electron chi connectivity index (χ4n) is 2.80. The largest absolute Gasteiger partial charge is 0.508 e. The number of carbonyl (C=O) groups is 1. The summed E-state index contributed by atoms with van der Waals surface area (Å²) >= 11 is 0. The van der Waals surface area contributed by atoms with Crippen LogP contribution in [-0.2, 0) is 6.42 Å². The highest BCUT2D eigenvalue weighted by Gasteiger charge is 2.13. The van der Waals surface area contributed by atoms with Crippen LogP contribution in [-0.4, -0.2) is 22.7 Å². The SMILES string of the molecule is Cc1noc(C)c1-c1cccc(C(=O)NCCc2ccc(O)cc2)c1. The summed E-state index contributed by atoms with van der Waals surface area (Å²) in [5.74, 6) is 0.860. The third kappa shape index (κ3) is 3.88. The van der Waals surface area contributed by atoms with Gasteiger partial charge in [-0.15, -0.1) is 0 Å². The lowest BCUT2D eigenvalue weighted by molar-refractivity contribution is 0.0954. The van der Waals surface area contributed by atoms with E-state index in [-0.39, 0.29) is 11.7 Å². The minimum absolute atomic E-state index is 0.118. The van der Waals surface area contributed by atoms with E-state index < -0.39 is 0 Å². The van der Waals surface area contributed by atoms with Gasteiger partial charge in [0.1, 0.15) is 11.5 Å². The van der Waals surface area contributed by atoms with E-state index in [4.69, 9.17) is 4.52 Å². The predicted octanol–water partition coefficient (Wildman–Crippen LogP) is 3.64. The van der Waals surface area contributed by atoms with Gasteiger partial charge in [-0.2, -0.15) is 0 Å². The van der Waals surface area contributed by atoms with Crippen molar-refractivity contribution >= 4 is 5.91 Å². The first-order valence-corrected chi connectivity index (χ1v) is 8.14. The Balaban J connectivity index is 1.66. The summed E-state index contributed by atoms with van der Waals surface area (Å²) in [6.45, 7) is 4.27. The molecule has 0 spiro atoms. The molecule has 0 aliphatic heterocycles. The molecule has 1 amide bonds.